The molecular formula is C16H17BrFN3O2. The van der Waals surface area contributed by atoms with E-state index in [2.05, 4.69) is 26.6 Å². The van der Waals surface area contributed by atoms with Crippen LogP contribution in [0.25, 0.3) is 0 Å². The predicted octanol–water partition coefficient (Wildman–Crippen LogP) is 4.18. The first kappa shape index (κ1) is 17.2. The number of hydrogen-bond donors (Lipinski definition) is 2. The van der Waals surface area contributed by atoms with Gasteiger partial charge in [0.2, 0.25) is 5.91 Å². The summed E-state index contributed by atoms with van der Waals surface area (Å²) in [6.45, 7) is 5.23. The van der Waals surface area contributed by atoms with Gasteiger partial charge in [-0.3, -0.25) is 9.59 Å². The van der Waals surface area contributed by atoms with Crippen molar-refractivity contribution < 1.29 is 14.0 Å². The number of carbonyl (C=O) groups excluding carboxylic acids is 2. The van der Waals surface area contributed by atoms with E-state index in [0.29, 0.717) is 11.4 Å². The summed E-state index contributed by atoms with van der Waals surface area (Å²) < 4.78 is 16.3. The summed E-state index contributed by atoms with van der Waals surface area (Å²) in [5.41, 5.74) is 0.903. The highest BCUT2D eigenvalue weighted by Crippen LogP contribution is 2.23. The number of amides is 2. The Balaban J connectivity index is 2.25. The highest BCUT2D eigenvalue weighted by atomic mass is 79.9. The Hall–Kier alpha value is -2.15. The minimum Gasteiger partial charge on any atom is -0.340 e. The van der Waals surface area contributed by atoms with Gasteiger partial charge in [0.15, 0.2) is 0 Å². The quantitative estimate of drug-likeness (QED) is 0.833. The minimum atomic E-state index is -0.563. The van der Waals surface area contributed by atoms with Crippen LogP contribution in [0, 0.1) is 5.82 Å². The zero-order chi connectivity index (χ0) is 17.1. The summed E-state index contributed by atoms with van der Waals surface area (Å²) in [5, 5.41) is 5.09. The third kappa shape index (κ3) is 4.19. The lowest BCUT2D eigenvalue weighted by Gasteiger charge is -2.13. The number of rotatable bonds is 4. The van der Waals surface area contributed by atoms with Crippen LogP contribution in [-0.2, 0) is 4.79 Å². The molecule has 0 aliphatic heterocycles. The van der Waals surface area contributed by atoms with Crippen molar-refractivity contribution in [1.82, 2.24) is 4.57 Å². The Morgan fingerprint density at radius 2 is 1.91 bits per heavy atom. The third-order valence-corrected chi connectivity index (χ3v) is 3.57. The SMILES string of the molecule is CC(=O)Nc1cc(NC(=O)c2cc(Br)cn2C(C)C)ccc1F. The lowest BCUT2D eigenvalue weighted by Crippen LogP contribution is -2.18. The number of benzene rings is 1. The second-order valence-electron chi connectivity index (χ2n) is 5.37. The van der Waals surface area contributed by atoms with Crippen LogP contribution in [0.15, 0.2) is 34.9 Å². The van der Waals surface area contributed by atoms with Crippen LogP contribution in [0.4, 0.5) is 15.8 Å². The topological polar surface area (TPSA) is 63.1 Å². The Morgan fingerprint density at radius 1 is 1.22 bits per heavy atom. The first-order valence-corrected chi connectivity index (χ1v) is 7.83. The van der Waals surface area contributed by atoms with Gasteiger partial charge in [-0.2, -0.15) is 0 Å². The van der Waals surface area contributed by atoms with E-state index in [1.807, 2.05) is 24.6 Å². The first-order valence-electron chi connectivity index (χ1n) is 7.03. The molecule has 0 bridgehead atoms. The van der Waals surface area contributed by atoms with Gasteiger partial charge in [-0.1, -0.05) is 0 Å². The maximum Gasteiger partial charge on any atom is 0.272 e. The zero-order valence-electron chi connectivity index (χ0n) is 13.0. The van der Waals surface area contributed by atoms with E-state index in [1.54, 1.807) is 6.07 Å². The summed E-state index contributed by atoms with van der Waals surface area (Å²) in [5.74, 6) is -1.26. The fraction of sp³-hybridized carbons (Fsp3) is 0.250. The molecule has 23 heavy (non-hydrogen) atoms. The van der Waals surface area contributed by atoms with Gasteiger partial charge in [0.25, 0.3) is 5.91 Å². The molecule has 2 N–H and O–H groups in total. The molecule has 122 valence electrons. The number of halogens is 2. The highest BCUT2D eigenvalue weighted by Gasteiger charge is 2.16. The Morgan fingerprint density at radius 3 is 2.52 bits per heavy atom. The predicted molar refractivity (Wildman–Crippen MR) is 91.2 cm³/mol. The van der Waals surface area contributed by atoms with Gasteiger partial charge in [-0.25, -0.2) is 4.39 Å². The summed E-state index contributed by atoms with van der Waals surface area (Å²) in [6.07, 6.45) is 1.83. The van der Waals surface area contributed by atoms with Gasteiger partial charge < -0.3 is 15.2 Å². The third-order valence-electron chi connectivity index (χ3n) is 3.14. The van der Waals surface area contributed by atoms with Crippen molar-refractivity contribution in [2.75, 3.05) is 10.6 Å². The molecule has 0 aliphatic carbocycles. The molecule has 0 saturated heterocycles. The first-order chi connectivity index (χ1) is 10.8. The molecule has 1 aromatic carbocycles. The molecule has 0 atom stereocenters. The van der Waals surface area contributed by atoms with Gasteiger partial charge >= 0.3 is 0 Å². The average Bonchev–Trinajstić information content (AvgIpc) is 2.84. The summed E-state index contributed by atoms with van der Waals surface area (Å²) in [7, 11) is 0. The molecule has 7 heteroatoms. The van der Waals surface area contributed by atoms with Crippen molar-refractivity contribution >= 4 is 39.1 Å². The Kier molecular flexibility index (Phi) is 5.20. The molecule has 1 heterocycles. The molecule has 0 spiro atoms. The number of anilines is 2. The molecule has 0 unspecified atom stereocenters. The molecule has 2 rings (SSSR count). The summed E-state index contributed by atoms with van der Waals surface area (Å²) >= 11 is 3.36. The van der Waals surface area contributed by atoms with Gasteiger partial charge in [0, 0.05) is 29.3 Å². The van der Waals surface area contributed by atoms with Crippen LogP contribution >= 0.6 is 15.9 Å². The van der Waals surface area contributed by atoms with Crippen molar-refractivity contribution in [1.29, 1.82) is 0 Å². The lowest BCUT2D eigenvalue weighted by atomic mass is 10.2. The number of aromatic nitrogens is 1. The van der Waals surface area contributed by atoms with E-state index in [0.717, 1.165) is 4.47 Å². The highest BCUT2D eigenvalue weighted by molar-refractivity contribution is 9.10. The van der Waals surface area contributed by atoms with Crippen LogP contribution in [0.5, 0.6) is 0 Å². The number of carbonyl (C=O) groups is 2. The molecule has 0 aliphatic rings. The van der Waals surface area contributed by atoms with E-state index < -0.39 is 5.82 Å². The van der Waals surface area contributed by atoms with Crippen LogP contribution < -0.4 is 10.6 Å². The summed E-state index contributed by atoms with van der Waals surface area (Å²) in [4.78, 5) is 23.5. The smallest absolute Gasteiger partial charge is 0.272 e. The fourth-order valence-electron chi connectivity index (χ4n) is 2.14. The monoisotopic (exact) mass is 381 g/mol. The van der Waals surface area contributed by atoms with Gasteiger partial charge in [0.05, 0.1) is 5.69 Å². The van der Waals surface area contributed by atoms with Crippen LogP contribution in [-0.4, -0.2) is 16.4 Å². The molecule has 0 radical (unpaired) electrons. The molecular weight excluding hydrogens is 365 g/mol. The largest absolute Gasteiger partial charge is 0.340 e. The van der Waals surface area contributed by atoms with Crippen LogP contribution in [0.2, 0.25) is 0 Å². The molecule has 0 fully saturated rings. The van der Waals surface area contributed by atoms with Crippen LogP contribution in [0.3, 0.4) is 0 Å². The van der Waals surface area contributed by atoms with Gasteiger partial charge in [-0.05, 0) is 54.0 Å². The van der Waals surface area contributed by atoms with Crippen molar-refractivity contribution in [3.63, 3.8) is 0 Å². The zero-order valence-corrected chi connectivity index (χ0v) is 14.6. The van der Waals surface area contributed by atoms with Crippen molar-refractivity contribution in [3.8, 4) is 0 Å². The molecule has 0 saturated carbocycles. The number of nitrogens with one attached hydrogen (secondary N) is 2. The fourth-order valence-corrected chi connectivity index (χ4v) is 2.58. The van der Waals surface area contributed by atoms with Crippen LogP contribution in [0.1, 0.15) is 37.3 Å². The number of nitrogens with zero attached hydrogens (tertiary/aromatic N) is 1. The Bertz CT molecular complexity index is 756. The maximum atomic E-state index is 13.6. The lowest BCUT2D eigenvalue weighted by molar-refractivity contribution is -0.114. The Labute approximate surface area is 142 Å². The van der Waals surface area contributed by atoms with Crippen molar-refractivity contribution in [2.24, 2.45) is 0 Å². The van der Waals surface area contributed by atoms with E-state index >= 15 is 0 Å². The molecule has 2 amide bonds. The van der Waals surface area contributed by atoms with Crippen molar-refractivity contribution in [2.45, 2.75) is 26.8 Å². The van der Waals surface area contributed by atoms with E-state index in [-0.39, 0.29) is 23.5 Å². The number of hydrogen-bond acceptors (Lipinski definition) is 2. The maximum absolute atomic E-state index is 13.6. The summed E-state index contributed by atoms with van der Waals surface area (Å²) in [6, 6.07) is 5.85. The molecule has 1 aromatic heterocycles. The van der Waals surface area contributed by atoms with Crippen molar-refractivity contribution in [3.05, 3.63) is 46.4 Å². The minimum absolute atomic E-state index is 0.0238. The van der Waals surface area contributed by atoms with Gasteiger partial charge in [0.1, 0.15) is 11.5 Å². The average molecular weight is 382 g/mol. The van der Waals surface area contributed by atoms with E-state index in [9.17, 15) is 14.0 Å². The van der Waals surface area contributed by atoms with Gasteiger partial charge in [-0.15, -0.1) is 0 Å². The standard InChI is InChI=1S/C16H17BrFN3O2/c1-9(2)21-8-11(17)6-15(21)16(23)20-12-4-5-13(18)14(7-12)19-10(3)22/h4-9H,1-3H3,(H,19,22)(H,20,23). The second-order valence-corrected chi connectivity index (χ2v) is 6.29. The van der Waals surface area contributed by atoms with E-state index in [4.69, 9.17) is 0 Å². The molecule has 5 nitrogen and oxygen atoms in total. The molecule has 2 aromatic rings. The normalized spacial score (nSPS) is 10.7. The van der Waals surface area contributed by atoms with E-state index in [1.165, 1.54) is 25.1 Å². The second kappa shape index (κ2) is 6.95.